The summed E-state index contributed by atoms with van der Waals surface area (Å²) in [5.41, 5.74) is 0.0160. The second-order valence-electron chi connectivity index (χ2n) is 8.95. The molecule has 0 bridgehead atoms. The maximum atomic E-state index is 13.2. The molecule has 2 atom stereocenters. The van der Waals surface area contributed by atoms with Crippen LogP contribution in [0.5, 0.6) is 0 Å². The largest absolute Gasteiger partial charge is 0.360 e. The van der Waals surface area contributed by atoms with Crippen molar-refractivity contribution >= 4 is 26.8 Å². The number of aromatic amines is 1. The number of nitrogens with one attached hydrogen (secondary N) is 2. The van der Waals surface area contributed by atoms with Gasteiger partial charge < -0.3 is 10.3 Å². The molecule has 7 nitrogen and oxygen atoms in total. The Morgan fingerprint density at radius 2 is 1.90 bits per heavy atom. The van der Waals surface area contributed by atoms with Crippen molar-refractivity contribution in [2.75, 3.05) is 19.6 Å². The van der Waals surface area contributed by atoms with E-state index >= 15 is 0 Å². The van der Waals surface area contributed by atoms with Crippen molar-refractivity contribution in [2.45, 2.75) is 45.4 Å². The van der Waals surface area contributed by atoms with Crippen LogP contribution in [0.3, 0.4) is 0 Å². The van der Waals surface area contributed by atoms with Crippen LogP contribution in [0, 0.1) is 17.8 Å². The van der Waals surface area contributed by atoms with E-state index in [1.54, 1.807) is 6.07 Å². The normalized spacial score (nSPS) is 20.6. The highest BCUT2D eigenvalue weighted by Crippen LogP contribution is 2.27. The Balaban J connectivity index is 1.94. The fraction of sp³-hybridized carbons (Fsp3) is 0.545. The lowest BCUT2D eigenvalue weighted by molar-refractivity contribution is 0.0951. The number of carbonyl (C=O) groups excluding carboxylic acids is 1. The second-order valence-corrected chi connectivity index (χ2v) is 10.9. The number of carbonyl (C=O) groups is 1. The smallest absolute Gasteiger partial charge is 0.256 e. The summed E-state index contributed by atoms with van der Waals surface area (Å²) in [6.07, 6.45) is 3.20. The van der Waals surface area contributed by atoms with Gasteiger partial charge in [0.25, 0.3) is 5.91 Å². The number of piperidine rings is 1. The molecule has 0 unspecified atom stereocenters. The number of aromatic nitrogens is 1. The molecule has 0 saturated carbocycles. The summed E-state index contributed by atoms with van der Waals surface area (Å²) in [6, 6.07) is 4.49. The number of benzene rings is 1. The van der Waals surface area contributed by atoms with Gasteiger partial charge in [0, 0.05) is 36.7 Å². The topological polar surface area (TPSA) is 99.3 Å². The maximum Gasteiger partial charge on any atom is 0.256 e. The molecule has 0 aliphatic carbocycles. The van der Waals surface area contributed by atoms with Gasteiger partial charge >= 0.3 is 0 Å². The van der Waals surface area contributed by atoms with E-state index < -0.39 is 21.4 Å². The third-order valence-electron chi connectivity index (χ3n) is 5.58. The SMILES string of the molecule is CC(C)CCNC(=O)c1c[nH]c2ccc(S(=O)(=O)N3C[C@@H](C)C[C@H](C)C3)cc2c1=O. The van der Waals surface area contributed by atoms with E-state index in [2.05, 4.69) is 24.1 Å². The van der Waals surface area contributed by atoms with Crippen molar-refractivity contribution in [1.82, 2.24) is 14.6 Å². The average Bonchev–Trinajstić information content (AvgIpc) is 2.67. The van der Waals surface area contributed by atoms with E-state index in [1.165, 1.54) is 22.6 Å². The van der Waals surface area contributed by atoms with Crippen LogP contribution >= 0.6 is 0 Å². The quantitative estimate of drug-likeness (QED) is 0.731. The molecule has 30 heavy (non-hydrogen) atoms. The summed E-state index contributed by atoms with van der Waals surface area (Å²) in [6.45, 7) is 9.63. The number of nitrogens with zero attached hydrogens (tertiary/aromatic N) is 1. The zero-order valence-electron chi connectivity index (χ0n) is 18.1. The van der Waals surface area contributed by atoms with E-state index in [9.17, 15) is 18.0 Å². The molecule has 0 radical (unpaired) electrons. The van der Waals surface area contributed by atoms with Gasteiger partial charge in [0.1, 0.15) is 5.56 Å². The van der Waals surface area contributed by atoms with Gasteiger partial charge in [-0.3, -0.25) is 9.59 Å². The number of H-pyrrole nitrogens is 1. The molecule has 1 aliphatic heterocycles. The number of hydrogen-bond acceptors (Lipinski definition) is 4. The van der Waals surface area contributed by atoms with Gasteiger partial charge in [0.15, 0.2) is 0 Å². The molecule has 2 N–H and O–H groups in total. The highest BCUT2D eigenvalue weighted by atomic mass is 32.2. The van der Waals surface area contributed by atoms with Crippen molar-refractivity contribution in [3.8, 4) is 0 Å². The van der Waals surface area contributed by atoms with Gasteiger partial charge in [-0.1, -0.05) is 27.7 Å². The first-order chi connectivity index (χ1) is 14.1. The summed E-state index contributed by atoms with van der Waals surface area (Å²) in [4.78, 5) is 28.4. The minimum absolute atomic E-state index is 0.0129. The standard InChI is InChI=1S/C22H31N3O4S/c1-14(2)7-8-23-22(27)19-11-24-20-6-5-17(10-18(20)21(19)26)30(28,29)25-12-15(3)9-16(4)13-25/h5-6,10-11,14-16H,7-9,12-13H2,1-4H3,(H,23,27)(H,24,26)/t15-,16-/m0/s1. The summed E-state index contributed by atoms with van der Waals surface area (Å²) in [7, 11) is -3.71. The third-order valence-corrected chi connectivity index (χ3v) is 7.40. The van der Waals surface area contributed by atoms with Crippen molar-refractivity contribution in [3.05, 3.63) is 40.2 Å². The van der Waals surface area contributed by atoms with Gasteiger partial charge in [-0.25, -0.2) is 8.42 Å². The van der Waals surface area contributed by atoms with Gasteiger partial charge in [-0.2, -0.15) is 4.31 Å². The zero-order chi connectivity index (χ0) is 22.1. The van der Waals surface area contributed by atoms with Gasteiger partial charge in [-0.15, -0.1) is 0 Å². The second kappa shape index (κ2) is 8.89. The summed E-state index contributed by atoms with van der Waals surface area (Å²) in [5.74, 6) is 0.556. The van der Waals surface area contributed by atoms with Gasteiger partial charge in [0.05, 0.1) is 4.90 Å². The molecule has 3 rings (SSSR count). The number of sulfonamides is 1. The number of amides is 1. The Hall–Kier alpha value is -2.19. The molecule has 1 fully saturated rings. The molecule has 0 spiro atoms. The molecule has 1 amide bonds. The fourth-order valence-corrected chi connectivity index (χ4v) is 5.75. The molecule has 164 valence electrons. The molecule has 1 saturated heterocycles. The van der Waals surface area contributed by atoms with Crippen LogP contribution in [0.25, 0.3) is 10.9 Å². The number of rotatable bonds is 6. The first-order valence-electron chi connectivity index (χ1n) is 10.5. The lowest BCUT2D eigenvalue weighted by atomic mass is 9.94. The van der Waals surface area contributed by atoms with Crippen LogP contribution < -0.4 is 10.7 Å². The molecule has 2 heterocycles. The van der Waals surface area contributed by atoms with Crippen molar-refractivity contribution < 1.29 is 13.2 Å². The minimum Gasteiger partial charge on any atom is -0.360 e. The van der Waals surface area contributed by atoms with E-state index in [1.807, 2.05) is 13.8 Å². The number of fused-ring (bicyclic) bond motifs is 1. The average molecular weight is 434 g/mol. The third kappa shape index (κ3) is 4.75. The van der Waals surface area contributed by atoms with Crippen molar-refractivity contribution in [2.24, 2.45) is 17.8 Å². The van der Waals surface area contributed by atoms with Crippen molar-refractivity contribution in [1.29, 1.82) is 0 Å². The summed E-state index contributed by atoms with van der Waals surface area (Å²) in [5, 5.41) is 2.96. The Kier molecular flexibility index (Phi) is 6.67. The molecule has 1 aromatic carbocycles. The van der Waals surface area contributed by atoms with Crippen molar-refractivity contribution in [3.63, 3.8) is 0 Å². The molecular weight excluding hydrogens is 402 g/mol. The highest BCUT2D eigenvalue weighted by molar-refractivity contribution is 7.89. The van der Waals surface area contributed by atoms with E-state index in [-0.39, 0.29) is 27.7 Å². The Bertz CT molecular complexity index is 1080. The highest BCUT2D eigenvalue weighted by Gasteiger charge is 2.32. The Morgan fingerprint density at radius 3 is 2.53 bits per heavy atom. The predicted octanol–water partition coefficient (Wildman–Crippen LogP) is 2.97. The van der Waals surface area contributed by atoms with Gasteiger partial charge in [-0.05, 0) is 48.8 Å². The van der Waals surface area contributed by atoms with E-state index in [0.29, 0.717) is 31.1 Å². The van der Waals surface area contributed by atoms with Crippen LogP contribution in [-0.2, 0) is 10.0 Å². The minimum atomic E-state index is -3.71. The first-order valence-corrected chi connectivity index (χ1v) is 12.0. The van der Waals surface area contributed by atoms with Crippen LogP contribution in [-0.4, -0.2) is 43.2 Å². The van der Waals surface area contributed by atoms with Gasteiger partial charge in [0.2, 0.25) is 15.5 Å². The zero-order valence-corrected chi connectivity index (χ0v) is 18.9. The molecule has 1 aliphatic rings. The Labute approximate surface area is 177 Å². The monoisotopic (exact) mass is 433 g/mol. The number of hydrogen-bond donors (Lipinski definition) is 2. The summed E-state index contributed by atoms with van der Waals surface area (Å²) < 4.78 is 27.9. The lowest BCUT2D eigenvalue weighted by Crippen LogP contribution is -2.42. The fourth-order valence-electron chi connectivity index (χ4n) is 4.05. The molecule has 8 heteroatoms. The predicted molar refractivity (Wildman–Crippen MR) is 118 cm³/mol. The first kappa shape index (κ1) is 22.5. The summed E-state index contributed by atoms with van der Waals surface area (Å²) >= 11 is 0. The lowest BCUT2D eigenvalue weighted by Gasteiger charge is -2.34. The Morgan fingerprint density at radius 1 is 1.23 bits per heavy atom. The molecule has 1 aromatic heterocycles. The molecule has 2 aromatic rings. The van der Waals surface area contributed by atoms with Crippen LogP contribution in [0.1, 0.15) is 50.9 Å². The van der Waals surface area contributed by atoms with E-state index in [4.69, 9.17) is 0 Å². The van der Waals surface area contributed by atoms with Crippen LogP contribution in [0.2, 0.25) is 0 Å². The number of pyridine rings is 1. The molecular formula is C22H31N3O4S. The van der Waals surface area contributed by atoms with E-state index in [0.717, 1.165) is 12.8 Å². The maximum absolute atomic E-state index is 13.2. The van der Waals surface area contributed by atoms with Crippen LogP contribution in [0.4, 0.5) is 0 Å². The van der Waals surface area contributed by atoms with Crippen LogP contribution in [0.15, 0.2) is 34.1 Å².